The second-order valence-electron chi connectivity index (χ2n) is 6.49. The fourth-order valence-corrected chi connectivity index (χ4v) is 2.97. The highest BCUT2D eigenvalue weighted by atomic mass is 19.1. The first-order valence-electron chi connectivity index (χ1n) is 8.80. The van der Waals surface area contributed by atoms with Gasteiger partial charge in [0.2, 0.25) is 5.91 Å². The van der Waals surface area contributed by atoms with Crippen LogP contribution in [0.2, 0.25) is 0 Å². The van der Waals surface area contributed by atoms with E-state index in [2.05, 4.69) is 34.2 Å². The molecule has 0 aliphatic rings. The molecule has 1 heterocycles. The van der Waals surface area contributed by atoms with Gasteiger partial charge in [-0.3, -0.25) is 4.79 Å². The molecule has 0 bridgehead atoms. The largest absolute Gasteiger partial charge is 0.344 e. The summed E-state index contributed by atoms with van der Waals surface area (Å²) in [7, 11) is 0. The number of hydrazone groups is 1. The predicted octanol–water partition coefficient (Wildman–Crippen LogP) is 3.99. The molecular formula is C22H22FN3O. The third-order valence-corrected chi connectivity index (χ3v) is 4.47. The maximum Gasteiger partial charge on any atom is 0.244 e. The van der Waals surface area contributed by atoms with Crippen LogP contribution >= 0.6 is 0 Å². The third-order valence-electron chi connectivity index (χ3n) is 4.47. The Bertz CT molecular complexity index is 944. The molecule has 0 saturated carbocycles. The molecule has 138 valence electrons. The molecule has 0 radical (unpaired) electrons. The van der Waals surface area contributed by atoms with Crippen molar-refractivity contribution in [3.63, 3.8) is 0 Å². The normalized spacial score (nSPS) is 11.1. The summed E-state index contributed by atoms with van der Waals surface area (Å²) >= 11 is 0. The van der Waals surface area contributed by atoms with Crippen LogP contribution in [0.3, 0.4) is 0 Å². The molecular weight excluding hydrogens is 341 g/mol. The zero-order chi connectivity index (χ0) is 19.2. The molecule has 1 amide bonds. The number of nitrogens with one attached hydrogen (secondary N) is 1. The molecule has 2 aromatic carbocycles. The van der Waals surface area contributed by atoms with Gasteiger partial charge in [-0.15, -0.1) is 0 Å². The highest BCUT2D eigenvalue weighted by molar-refractivity contribution is 5.84. The number of rotatable bonds is 6. The number of amides is 1. The van der Waals surface area contributed by atoms with E-state index in [4.69, 9.17) is 0 Å². The lowest BCUT2D eigenvalue weighted by atomic mass is 10.1. The standard InChI is InChI=1S/C22H22FN3O/c1-16-12-20(17(2)26(16)15-19-6-4-3-5-7-19)14-24-25-22(27)13-18-8-10-21(23)11-9-18/h3-12,14H,13,15H2,1-2H3,(H,25,27)/b24-14+. The molecule has 3 rings (SSSR count). The number of benzene rings is 2. The number of hydrogen-bond acceptors (Lipinski definition) is 2. The van der Waals surface area contributed by atoms with Crippen molar-refractivity contribution in [1.29, 1.82) is 0 Å². The molecule has 0 aliphatic heterocycles. The maximum absolute atomic E-state index is 12.9. The zero-order valence-corrected chi connectivity index (χ0v) is 15.4. The van der Waals surface area contributed by atoms with Crippen molar-refractivity contribution >= 4 is 12.1 Å². The van der Waals surface area contributed by atoms with Gasteiger partial charge in [-0.2, -0.15) is 5.10 Å². The Morgan fingerprint density at radius 2 is 1.78 bits per heavy atom. The van der Waals surface area contributed by atoms with Gasteiger partial charge in [0.15, 0.2) is 0 Å². The summed E-state index contributed by atoms with van der Waals surface area (Å²) < 4.78 is 15.1. The van der Waals surface area contributed by atoms with Gasteiger partial charge in [-0.25, -0.2) is 9.82 Å². The lowest BCUT2D eigenvalue weighted by molar-refractivity contribution is -0.120. The molecule has 0 saturated heterocycles. The summed E-state index contributed by atoms with van der Waals surface area (Å²) in [5, 5.41) is 4.07. The molecule has 5 heteroatoms. The quantitative estimate of drug-likeness (QED) is 0.522. The molecule has 0 fully saturated rings. The second kappa shape index (κ2) is 8.45. The second-order valence-corrected chi connectivity index (χ2v) is 6.49. The SMILES string of the molecule is Cc1cc(/C=N/NC(=O)Cc2ccc(F)cc2)c(C)n1Cc1ccccc1. The Kier molecular flexibility index (Phi) is 5.81. The summed E-state index contributed by atoms with van der Waals surface area (Å²) in [5.74, 6) is -0.556. The maximum atomic E-state index is 12.9. The Morgan fingerprint density at radius 1 is 1.07 bits per heavy atom. The number of halogens is 1. The van der Waals surface area contributed by atoms with Crippen LogP contribution in [0.25, 0.3) is 0 Å². The van der Waals surface area contributed by atoms with E-state index in [9.17, 15) is 9.18 Å². The van der Waals surface area contributed by atoms with Crippen molar-refractivity contribution in [3.8, 4) is 0 Å². The summed E-state index contributed by atoms with van der Waals surface area (Å²) in [6, 6.07) is 18.2. The molecule has 3 aromatic rings. The van der Waals surface area contributed by atoms with Crippen LogP contribution in [0.15, 0.2) is 65.8 Å². The molecule has 0 unspecified atom stereocenters. The lowest BCUT2D eigenvalue weighted by Gasteiger charge is -2.09. The van der Waals surface area contributed by atoms with Crippen LogP contribution in [0.5, 0.6) is 0 Å². The first kappa shape index (κ1) is 18.6. The monoisotopic (exact) mass is 363 g/mol. The smallest absolute Gasteiger partial charge is 0.244 e. The van der Waals surface area contributed by atoms with E-state index >= 15 is 0 Å². The number of carbonyl (C=O) groups excluding carboxylic acids is 1. The highest BCUT2D eigenvalue weighted by Gasteiger charge is 2.08. The van der Waals surface area contributed by atoms with Crippen LogP contribution in [-0.2, 0) is 17.8 Å². The Hall–Kier alpha value is -3.21. The third kappa shape index (κ3) is 4.91. The van der Waals surface area contributed by atoms with Gasteiger partial charge in [0.1, 0.15) is 5.82 Å². The molecule has 4 nitrogen and oxygen atoms in total. The van der Waals surface area contributed by atoms with E-state index < -0.39 is 0 Å². The van der Waals surface area contributed by atoms with E-state index in [1.807, 2.05) is 31.2 Å². The fraction of sp³-hybridized carbons (Fsp3) is 0.182. The number of hydrogen-bond donors (Lipinski definition) is 1. The van der Waals surface area contributed by atoms with Gasteiger partial charge < -0.3 is 4.57 Å². The van der Waals surface area contributed by atoms with E-state index in [0.29, 0.717) is 0 Å². The summed E-state index contributed by atoms with van der Waals surface area (Å²) in [6.45, 7) is 4.89. The molecule has 0 aliphatic carbocycles. The van der Waals surface area contributed by atoms with Crippen LogP contribution in [0.4, 0.5) is 4.39 Å². The van der Waals surface area contributed by atoms with Crippen molar-refractivity contribution in [2.24, 2.45) is 5.10 Å². The summed E-state index contributed by atoms with van der Waals surface area (Å²) in [6.07, 6.45) is 1.82. The minimum absolute atomic E-state index is 0.157. The average Bonchev–Trinajstić information content (AvgIpc) is 2.92. The number of carbonyl (C=O) groups is 1. The van der Waals surface area contributed by atoms with Crippen molar-refractivity contribution < 1.29 is 9.18 Å². The van der Waals surface area contributed by atoms with Crippen LogP contribution < -0.4 is 5.43 Å². The number of aryl methyl sites for hydroxylation is 1. The molecule has 1 N–H and O–H groups in total. The van der Waals surface area contributed by atoms with Gasteiger partial charge in [-0.1, -0.05) is 42.5 Å². The minimum Gasteiger partial charge on any atom is -0.344 e. The van der Waals surface area contributed by atoms with E-state index in [1.54, 1.807) is 18.3 Å². The van der Waals surface area contributed by atoms with Crippen LogP contribution in [0, 0.1) is 19.7 Å². The highest BCUT2D eigenvalue weighted by Crippen LogP contribution is 2.15. The van der Waals surface area contributed by atoms with Crippen molar-refractivity contribution in [3.05, 3.63) is 94.6 Å². The molecule has 27 heavy (non-hydrogen) atoms. The molecule has 0 atom stereocenters. The van der Waals surface area contributed by atoms with Crippen molar-refractivity contribution in [1.82, 2.24) is 9.99 Å². The van der Waals surface area contributed by atoms with Gasteiger partial charge >= 0.3 is 0 Å². The summed E-state index contributed by atoms with van der Waals surface area (Å²) in [5.41, 5.74) is 7.69. The van der Waals surface area contributed by atoms with E-state index in [-0.39, 0.29) is 18.1 Å². The number of nitrogens with zero attached hydrogens (tertiary/aromatic N) is 2. The zero-order valence-electron chi connectivity index (χ0n) is 15.4. The Morgan fingerprint density at radius 3 is 2.48 bits per heavy atom. The van der Waals surface area contributed by atoms with Gasteiger partial charge in [-0.05, 0) is 43.2 Å². The van der Waals surface area contributed by atoms with Crippen LogP contribution in [0.1, 0.15) is 28.1 Å². The number of aromatic nitrogens is 1. The topological polar surface area (TPSA) is 46.4 Å². The first-order valence-corrected chi connectivity index (χ1v) is 8.80. The van der Waals surface area contributed by atoms with E-state index in [0.717, 1.165) is 29.1 Å². The van der Waals surface area contributed by atoms with Gasteiger partial charge in [0, 0.05) is 23.5 Å². The minimum atomic E-state index is -0.317. The average molecular weight is 363 g/mol. The fourth-order valence-electron chi connectivity index (χ4n) is 2.97. The van der Waals surface area contributed by atoms with Crippen molar-refractivity contribution in [2.75, 3.05) is 0 Å². The predicted molar refractivity (Wildman–Crippen MR) is 105 cm³/mol. The van der Waals surface area contributed by atoms with E-state index in [1.165, 1.54) is 17.7 Å². The Labute approximate surface area is 158 Å². The van der Waals surface area contributed by atoms with Crippen LogP contribution in [-0.4, -0.2) is 16.7 Å². The molecule has 0 spiro atoms. The first-order chi connectivity index (χ1) is 13.0. The summed E-state index contributed by atoms with van der Waals surface area (Å²) in [4.78, 5) is 12.0. The van der Waals surface area contributed by atoms with Crippen molar-refractivity contribution in [2.45, 2.75) is 26.8 Å². The van der Waals surface area contributed by atoms with Gasteiger partial charge in [0.25, 0.3) is 0 Å². The Balaban J connectivity index is 1.62. The lowest BCUT2D eigenvalue weighted by Crippen LogP contribution is -2.19. The molecule has 1 aromatic heterocycles. The van der Waals surface area contributed by atoms with Gasteiger partial charge in [0.05, 0.1) is 12.6 Å².